The Morgan fingerprint density at radius 2 is 0.792 bits per heavy atom. The molecule has 5 aromatic carbocycles. The first kappa shape index (κ1) is 59.2. The maximum Gasteiger partial charge on any atom is 0.338 e. The van der Waals surface area contributed by atoms with Gasteiger partial charge in [-0.1, -0.05) is 37.3 Å². The molecule has 0 amide bonds. The molecule has 0 aliphatic carbocycles. The fraction of sp³-hybridized carbons (Fsp3) is 0.370. The van der Waals surface area contributed by atoms with Gasteiger partial charge in [0.15, 0.2) is 20.4 Å². The van der Waals surface area contributed by atoms with E-state index in [4.69, 9.17) is 66.7 Å². The fourth-order valence-electron chi connectivity index (χ4n) is 5.52. The molecule has 390 valence electrons. The second-order valence-electron chi connectivity index (χ2n) is 15.4. The fourth-order valence-corrected chi connectivity index (χ4v) is 5.52. The molecule has 0 saturated heterocycles. The molecule has 0 saturated carbocycles. The summed E-state index contributed by atoms with van der Waals surface area (Å²) in [6.07, 6.45) is -1.17. The molecule has 0 fully saturated rings. The standard InChI is InChI=1S/C35H42O13.C18H20O5.CH4/c1-24(44-21-40-4)18-41-34(38)29-9-13-31(14-10-29)48-23-46-26(3)20-43-35(39)30-11-15-32(16-12-30)47-22-45-25(2)19-42-33(37)28-7-5-27(17-36)6-8-28;1-14-3-5-15(6-4-14)18(19)22-12-11-21-13-23-17-9-7-16(20-2)8-10-17;/h5-16,24-26,36H,17-23H2,1-4H3;3-10H,11-13H2,1-2H3;1H4. The van der Waals surface area contributed by atoms with Crippen LogP contribution < -0.4 is 18.9 Å². The molecule has 0 aliphatic heterocycles. The number of esters is 4. The molecule has 0 heterocycles. The lowest BCUT2D eigenvalue weighted by molar-refractivity contribution is -0.0828. The second-order valence-corrected chi connectivity index (χ2v) is 15.4. The average molecular weight is 1000 g/mol. The van der Waals surface area contributed by atoms with E-state index in [1.165, 1.54) is 7.11 Å². The zero-order valence-electron chi connectivity index (χ0n) is 40.7. The Bertz CT molecular complexity index is 2300. The van der Waals surface area contributed by atoms with Crippen molar-refractivity contribution in [1.82, 2.24) is 0 Å². The first-order valence-corrected chi connectivity index (χ1v) is 22.5. The maximum absolute atomic E-state index is 12.5. The van der Waals surface area contributed by atoms with E-state index >= 15 is 0 Å². The molecule has 0 aliphatic rings. The van der Waals surface area contributed by atoms with Crippen molar-refractivity contribution in [2.24, 2.45) is 0 Å². The molecule has 0 spiro atoms. The topological polar surface area (TPSA) is 208 Å². The normalized spacial score (nSPS) is 11.8. The predicted molar refractivity (Wildman–Crippen MR) is 263 cm³/mol. The Kier molecular flexibility index (Phi) is 27.6. The van der Waals surface area contributed by atoms with Crippen molar-refractivity contribution < 1.29 is 85.9 Å². The van der Waals surface area contributed by atoms with Crippen molar-refractivity contribution in [2.75, 3.05) is 74.4 Å². The van der Waals surface area contributed by atoms with E-state index in [0.29, 0.717) is 45.1 Å². The lowest BCUT2D eigenvalue weighted by atomic mass is 10.1. The van der Waals surface area contributed by atoms with E-state index in [9.17, 15) is 19.2 Å². The van der Waals surface area contributed by atoms with Crippen LogP contribution in [0.25, 0.3) is 0 Å². The molecule has 0 radical (unpaired) electrons. The summed E-state index contributed by atoms with van der Waals surface area (Å²) in [5, 5.41) is 9.10. The summed E-state index contributed by atoms with van der Waals surface area (Å²) in [7, 11) is 3.12. The highest BCUT2D eigenvalue weighted by Crippen LogP contribution is 2.18. The molecular formula is C54H66O18. The lowest BCUT2D eigenvalue weighted by Crippen LogP contribution is -2.21. The number of ether oxygens (including phenoxy) is 13. The van der Waals surface area contributed by atoms with Crippen molar-refractivity contribution in [3.05, 3.63) is 155 Å². The van der Waals surface area contributed by atoms with Crippen LogP contribution in [-0.4, -0.2) is 122 Å². The zero-order valence-corrected chi connectivity index (χ0v) is 40.7. The smallest absolute Gasteiger partial charge is 0.338 e. The van der Waals surface area contributed by atoms with Crippen molar-refractivity contribution in [2.45, 2.75) is 60.0 Å². The molecule has 18 nitrogen and oxygen atoms in total. The minimum absolute atomic E-state index is 0. The third kappa shape index (κ3) is 22.8. The van der Waals surface area contributed by atoms with Gasteiger partial charge in [0.2, 0.25) is 0 Å². The van der Waals surface area contributed by atoms with Crippen LogP contribution >= 0.6 is 0 Å². The van der Waals surface area contributed by atoms with Gasteiger partial charge < -0.3 is 66.7 Å². The first-order chi connectivity index (χ1) is 34.4. The van der Waals surface area contributed by atoms with Gasteiger partial charge in [0, 0.05) is 7.11 Å². The third-order valence-corrected chi connectivity index (χ3v) is 9.64. The minimum Gasteiger partial charge on any atom is -0.497 e. The summed E-state index contributed by atoms with van der Waals surface area (Å²) in [4.78, 5) is 48.5. The summed E-state index contributed by atoms with van der Waals surface area (Å²) in [5.74, 6) is 0.543. The quantitative estimate of drug-likeness (QED) is 0.0206. The molecule has 0 bridgehead atoms. The molecule has 5 rings (SSSR count). The number of aliphatic hydroxyl groups is 1. The number of hydrogen-bond acceptors (Lipinski definition) is 18. The van der Waals surface area contributed by atoms with E-state index in [1.54, 1.807) is 137 Å². The van der Waals surface area contributed by atoms with Crippen LogP contribution in [0.3, 0.4) is 0 Å². The Labute approximate surface area is 420 Å². The highest BCUT2D eigenvalue weighted by molar-refractivity contribution is 5.91. The number of carbonyl (C=O) groups is 4. The van der Waals surface area contributed by atoms with Gasteiger partial charge in [-0.2, -0.15) is 0 Å². The molecule has 1 N–H and O–H groups in total. The molecule has 5 aromatic rings. The monoisotopic (exact) mass is 1000 g/mol. The van der Waals surface area contributed by atoms with E-state index in [0.717, 1.165) is 11.3 Å². The average Bonchev–Trinajstić information content (AvgIpc) is 3.40. The summed E-state index contributed by atoms with van der Waals surface area (Å²) >= 11 is 0. The summed E-state index contributed by atoms with van der Waals surface area (Å²) < 4.78 is 68.9. The number of aliphatic hydroxyl groups excluding tert-OH is 1. The summed E-state index contributed by atoms with van der Waals surface area (Å²) in [6, 6.07) is 33.6. The molecule has 72 heavy (non-hydrogen) atoms. The number of rotatable bonds is 29. The van der Waals surface area contributed by atoms with Crippen LogP contribution in [0.5, 0.6) is 23.0 Å². The lowest BCUT2D eigenvalue weighted by Gasteiger charge is -2.15. The highest BCUT2D eigenvalue weighted by atomic mass is 16.7. The second kappa shape index (κ2) is 33.5. The van der Waals surface area contributed by atoms with E-state index < -0.39 is 30.1 Å². The van der Waals surface area contributed by atoms with Crippen molar-refractivity contribution >= 4 is 23.9 Å². The van der Waals surface area contributed by atoms with Gasteiger partial charge >= 0.3 is 23.9 Å². The van der Waals surface area contributed by atoms with Crippen LogP contribution in [0.15, 0.2) is 121 Å². The Hall–Kier alpha value is -7.06. The maximum atomic E-state index is 12.5. The van der Waals surface area contributed by atoms with Crippen LogP contribution in [0, 0.1) is 6.92 Å². The van der Waals surface area contributed by atoms with E-state index in [1.807, 2.05) is 19.1 Å². The third-order valence-electron chi connectivity index (χ3n) is 9.64. The Balaban J connectivity index is 0.000000476. The minimum atomic E-state index is -0.530. The zero-order chi connectivity index (χ0) is 51.2. The number of hydrogen-bond donors (Lipinski definition) is 1. The van der Waals surface area contributed by atoms with Gasteiger partial charge in [-0.3, -0.25) is 0 Å². The van der Waals surface area contributed by atoms with Gasteiger partial charge in [0.05, 0.1) is 60.9 Å². The number of methoxy groups -OCH3 is 2. The predicted octanol–water partition coefficient (Wildman–Crippen LogP) is 8.39. The van der Waals surface area contributed by atoms with Gasteiger partial charge in [-0.05, 0) is 130 Å². The molecule has 3 atom stereocenters. The number of aryl methyl sites for hydroxylation is 1. The van der Waals surface area contributed by atoms with Crippen LogP contribution in [0.4, 0.5) is 0 Å². The van der Waals surface area contributed by atoms with Crippen molar-refractivity contribution in [3.8, 4) is 23.0 Å². The highest BCUT2D eigenvalue weighted by Gasteiger charge is 2.15. The van der Waals surface area contributed by atoms with Crippen LogP contribution in [-0.2, 0) is 49.2 Å². The van der Waals surface area contributed by atoms with Crippen molar-refractivity contribution in [1.29, 1.82) is 0 Å². The first-order valence-electron chi connectivity index (χ1n) is 22.5. The molecule has 0 aromatic heterocycles. The van der Waals surface area contributed by atoms with Crippen LogP contribution in [0.1, 0.15) is 80.8 Å². The molecule has 18 heteroatoms. The molecular weight excluding hydrogens is 937 g/mol. The Morgan fingerprint density at radius 3 is 1.19 bits per heavy atom. The summed E-state index contributed by atoms with van der Waals surface area (Å²) in [6.45, 7) is 7.71. The van der Waals surface area contributed by atoms with Crippen molar-refractivity contribution in [3.63, 3.8) is 0 Å². The number of benzene rings is 5. The number of carbonyl (C=O) groups excluding carboxylic acids is 4. The van der Waals surface area contributed by atoms with Gasteiger partial charge in [0.25, 0.3) is 0 Å². The Morgan fingerprint density at radius 1 is 0.444 bits per heavy atom. The largest absolute Gasteiger partial charge is 0.497 e. The van der Waals surface area contributed by atoms with Gasteiger partial charge in [-0.25, -0.2) is 19.2 Å². The van der Waals surface area contributed by atoms with Crippen LogP contribution in [0.2, 0.25) is 0 Å². The van der Waals surface area contributed by atoms with E-state index in [2.05, 4.69) is 0 Å². The van der Waals surface area contributed by atoms with Gasteiger partial charge in [-0.15, -0.1) is 0 Å². The SMILES string of the molecule is C.COCOC(C)COC(=O)c1ccc(OCOC(C)COC(=O)c2ccc(OCOC(C)COC(=O)c3ccc(CO)cc3)cc2)cc1.COc1ccc(OCOCCOC(=O)c2ccc(C)cc2)cc1. The van der Waals surface area contributed by atoms with Gasteiger partial charge in [0.1, 0.15) is 56.2 Å². The van der Waals surface area contributed by atoms with E-state index in [-0.39, 0.29) is 86.3 Å². The summed E-state index contributed by atoms with van der Waals surface area (Å²) in [5.41, 5.74) is 3.40. The molecule has 3 unspecified atom stereocenters.